The molecule has 0 spiro atoms. The first-order valence-corrected chi connectivity index (χ1v) is 7.49. The zero-order valence-electron chi connectivity index (χ0n) is 11.9. The molecule has 0 aliphatic heterocycles. The van der Waals surface area contributed by atoms with Gasteiger partial charge in [-0.2, -0.15) is 0 Å². The van der Waals surface area contributed by atoms with E-state index >= 15 is 0 Å². The van der Waals surface area contributed by atoms with Crippen molar-refractivity contribution in [3.8, 4) is 11.5 Å². The Bertz CT molecular complexity index is 841. The summed E-state index contributed by atoms with van der Waals surface area (Å²) in [6.07, 6.45) is 2.81. The van der Waals surface area contributed by atoms with E-state index < -0.39 is 5.91 Å². The number of thiazole rings is 1. The van der Waals surface area contributed by atoms with Crippen molar-refractivity contribution in [3.05, 3.63) is 53.4 Å². The molecule has 1 aromatic carbocycles. The minimum Gasteiger partial charge on any atom is -0.444 e. The number of nitrogens with zero attached hydrogens (tertiary/aromatic N) is 2. The summed E-state index contributed by atoms with van der Waals surface area (Å²) in [5, 5.41) is 2.91. The van der Waals surface area contributed by atoms with Crippen LogP contribution in [0.3, 0.4) is 0 Å². The van der Waals surface area contributed by atoms with Gasteiger partial charge in [0.2, 0.25) is 11.8 Å². The molecule has 7 nitrogen and oxygen atoms in total. The Morgan fingerprint density at radius 3 is 2.74 bits per heavy atom. The fourth-order valence-electron chi connectivity index (χ4n) is 1.88. The molecule has 3 rings (SSSR count). The summed E-state index contributed by atoms with van der Waals surface area (Å²) in [6.45, 7) is 0. The molecular weight excluding hydrogens is 316 g/mol. The maximum absolute atomic E-state index is 12.0. The Hall–Kier alpha value is -3.00. The molecule has 0 aliphatic rings. The van der Waals surface area contributed by atoms with Gasteiger partial charge in [0.05, 0.1) is 18.3 Å². The molecule has 0 saturated heterocycles. The van der Waals surface area contributed by atoms with Gasteiger partial charge >= 0.3 is 0 Å². The van der Waals surface area contributed by atoms with Gasteiger partial charge in [-0.25, -0.2) is 9.97 Å². The van der Waals surface area contributed by atoms with Crippen LogP contribution < -0.4 is 11.1 Å². The van der Waals surface area contributed by atoms with Gasteiger partial charge in [0.1, 0.15) is 11.1 Å². The van der Waals surface area contributed by atoms with Crippen LogP contribution in [0.25, 0.3) is 11.5 Å². The van der Waals surface area contributed by atoms with Crippen molar-refractivity contribution in [2.24, 2.45) is 5.73 Å². The monoisotopic (exact) mass is 328 g/mol. The van der Waals surface area contributed by atoms with Crippen molar-refractivity contribution in [2.45, 2.75) is 6.42 Å². The first-order valence-electron chi connectivity index (χ1n) is 6.67. The molecule has 0 radical (unpaired) electrons. The number of primary amides is 1. The van der Waals surface area contributed by atoms with Crippen molar-refractivity contribution in [1.29, 1.82) is 0 Å². The number of aromatic nitrogens is 2. The molecule has 2 aromatic heterocycles. The van der Waals surface area contributed by atoms with Crippen molar-refractivity contribution < 1.29 is 14.0 Å². The molecule has 8 heteroatoms. The number of amides is 2. The van der Waals surface area contributed by atoms with Gasteiger partial charge in [-0.15, -0.1) is 0 Å². The van der Waals surface area contributed by atoms with Crippen LogP contribution in [0.2, 0.25) is 0 Å². The number of oxazole rings is 1. The Morgan fingerprint density at radius 1 is 1.26 bits per heavy atom. The average Bonchev–Trinajstić information content (AvgIpc) is 3.18. The minimum absolute atomic E-state index is 0.0435. The number of hydrogen-bond donors (Lipinski definition) is 2. The van der Waals surface area contributed by atoms with E-state index in [-0.39, 0.29) is 17.2 Å². The third kappa shape index (κ3) is 3.61. The Labute approximate surface area is 135 Å². The minimum atomic E-state index is -0.577. The number of carbonyl (C=O) groups is 2. The summed E-state index contributed by atoms with van der Waals surface area (Å²) in [6, 6.07) is 9.40. The normalized spacial score (nSPS) is 10.4. The van der Waals surface area contributed by atoms with E-state index in [2.05, 4.69) is 15.3 Å². The maximum Gasteiger partial charge on any atom is 0.260 e. The third-order valence-electron chi connectivity index (χ3n) is 2.91. The standard InChI is InChI=1S/C15H12N4O3S/c16-13(21)11-7-17-15(23-11)19-12(20)6-10-8-22-14(18-10)9-4-2-1-3-5-9/h1-5,7-8H,6H2,(H2,16,21)(H,17,19,20). The largest absolute Gasteiger partial charge is 0.444 e. The van der Waals surface area contributed by atoms with E-state index in [4.69, 9.17) is 10.2 Å². The summed E-state index contributed by atoms with van der Waals surface area (Å²) >= 11 is 1.02. The molecule has 3 N–H and O–H groups in total. The zero-order valence-corrected chi connectivity index (χ0v) is 12.7. The van der Waals surface area contributed by atoms with Crippen LogP contribution in [0.5, 0.6) is 0 Å². The molecule has 116 valence electrons. The molecule has 0 aliphatic carbocycles. The second-order valence-electron chi connectivity index (χ2n) is 4.63. The molecule has 0 fully saturated rings. The zero-order chi connectivity index (χ0) is 16.2. The summed E-state index contributed by atoms with van der Waals surface area (Å²) < 4.78 is 5.37. The van der Waals surface area contributed by atoms with E-state index in [0.717, 1.165) is 16.9 Å². The van der Waals surface area contributed by atoms with E-state index in [9.17, 15) is 9.59 Å². The smallest absolute Gasteiger partial charge is 0.260 e. The molecule has 3 aromatic rings. The Morgan fingerprint density at radius 2 is 2.04 bits per heavy atom. The highest BCUT2D eigenvalue weighted by molar-refractivity contribution is 7.17. The number of hydrogen-bond acceptors (Lipinski definition) is 6. The van der Waals surface area contributed by atoms with Gasteiger partial charge in [-0.05, 0) is 12.1 Å². The highest BCUT2D eigenvalue weighted by Gasteiger charge is 2.13. The van der Waals surface area contributed by atoms with Crippen molar-refractivity contribution >= 4 is 28.3 Å². The van der Waals surface area contributed by atoms with E-state index in [0.29, 0.717) is 16.7 Å². The fraction of sp³-hybridized carbons (Fsp3) is 0.0667. The molecule has 0 atom stereocenters. The van der Waals surface area contributed by atoms with E-state index in [1.807, 2.05) is 30.3 Å². The topological polar surface area (TPSA) is 111 Å². The van der Waals surface area contributed by atoms with E-state index in [1.165, 1.54) is 12.5 Å². The molecule has 0 saturated carbocycles. The van der Waals surface area contributed by atoms with Gasteiger partial charge < -0.3 is 15.5 Å². The molecule has 23 heavy (non-hydrogen) atoms. The molecule has 0 unspecified atom stereocenters. The first-order chi connectivity index (χ1) is 11.1. The number of nitrogens with two attached hydrogens (primary N) is 1. The van der Waals surface area contributed by atoms with Crippen LogP contribution in [0.15, 0.2) is 47.2 Å². The highest BCUT2D eigenvalue weighted by Crippen LogP contribution is 2.19. The van der Waals surface area contributed by atoms with Crippen LogP contribution in [-0.2, 0) is 11.2 Å². The predicted molar refractivity (Wildman–Crippen MR) is 84.9 cm³/mol. The lowest BCUT2D eigenvalue weighted by Gasteiger charge is -1.98. The lowest BCUT2D eigenvalue weighted by atomic mass is 10.2. The van der Waals surface area contributed by atoms with E-state index in [1.54, 1.807) is 0 Å². The molecule has 0 bridgehead atoms. The van der Waals surface area contributed by atoms with Crippen LogP contribution in [0.4, 0.5) is 5.13 Å². The highest BCUT2D eigenvalue weighted by atomic mass is 32.1. The Kier molecular flexibility index (Phi) is 4.15. The fourth-order valence-corrected chi connectivity index (χ4v) is 2.56. The number of benzene rings is 1. The second kappa shape index (κ2) is 6.41. The Balaban J connectivity index is 1.64. The van der Waals surface area contributed by atoms with Crippen molar-refractivity contribution in [2.75, 3.05) is 5.32 Å². The molecular formula is C15H12N4O3S. The summed E-state index contributed by atoms with van der Waals surface area (Å²) in [5.41, 5.74) is 6.48. The maximum atomic E-state index is 12.0. The third-order valence-corrected chi connectivity index (χ3v) is 3.84. The first kappa shape index (κ1) is 14.9. The molecule has 2 heterocycles. The van der Waals surface area contributed by atoms with Crippen molar-refractivity contribution in [3.63, 3.8) is 0 Å². The lowest BCUT2D eigenvalue weighted by Crippen LogP contribution is -2.14. The van der Waals surface area contributed by atoms with Crippen LogP contribution in [-0.4, -0.2) is 21.8 Å². The number of nitrogens with one attached hydrogen (secondary N) is 1. The van der Waals surface area contributed by atoms with Crippen LogP contribution in [0, 0.1) is 0 Å². The summed E-state index contributed by atoms with van der Waals surface area (Å²) in [7, 11) is 0. The quantitative estimate of drug-likeness (QED) is 0.745. The van der Waals surface area contributed by atoms with Gasteiger partial charge in [0.25, 0.3) is 5.91 Å². The predicted octanol–water partition coefficient (Wildman–Crippen LogP) is 2.08. The average molecular weight is 328 g/mol. The summed E-state index contributed by atoms with van der Waals surface area (Å²) in [4.78, 5) is 31.4. The van der Waals surface area contributed by atoms with Crippen LogP contribution in [0.1, 0.15) is 15.4 Å². The lowest BCUT2D eigenvalue weighted by molar-refractivity contribution is -0.115. The SMILES string of the molecule is NC(=O)c1cnc(NC(=O)Cc2coc(-c3ccccc3)n2)s1. The van der Waals surface area contributed by atoms with Gasteiger partial charge in [-0.1, -0.05) is 29.5 Å². The number of carbonyl (C=O) groups excluding carboxylic acids is 2. The van der Waals surface area contributed by atoms with Gasteiger partial charge in [0.15, 0.2) is 5.13 Å². The summed E-state index contributed by atoms with van der Waals surface area (Å²) in [5.74, 6) is -0.422. The number of anilines is 1. The second-order valence-corrected chi connectivity index (χ2v) is 5.66. The van der Waals surface area contributed by atoms with Crippen LogP contribution >= 0.6 is 11.3 Å². The van der Waals surface area contributed by atoms with Gasteiger partial charge in [0, 0.05) is 5.56 Å². The van der Waals surface area contributed by atoms with Crippen molar-refractivity contribution in [1.82, 2.24) is 9.97 Å². The number of rotatable bonds is 5. The van der Waals surface area contributed by atoms with Gasteiger partial charge in [-0.3, -0.25) is 9.59 Å². The molecule has 2 amide bonds.